The Hall–Kier alpha value is -3.39. The number of alkyl halides is 3. The summed E-state index contributed by atoms with van der Waals surface area (Å²) < 4.78 is 42.0. The maximum absolute atomic E-state index is 13.6. The Kier molecular flexibility index (Phi) is 7.98. The van der Waals surface area contributed by atoms with Crippen molar-refractivity contribution in [1.29, 1.82) is 0 Å². The number of hydrogen-bond donors (Lipinski definition) is 0. The van der Waals surface area contributed by atoms with Gasteiger partial charge in [-0.3, -0.25) is 14.7 Å². The van der Waals surface area contributed by atoms with E-state index in [2.05, 4.69) is 45.0 Å². The lowest BCUT2D eigenvalue weighted by molar-refractivity contribution is -0.274. The monoisotopic (exact) mass is 523 g/mol. The van der Waals surface area contributed by atoms with Gasteiger partial charge in [-0.15, -0.1) is 13.2 Å². The Morgan fingerprint density at radius 2 is 1.61 bits per heavy atom. The van der Waals surface area contributed by atoms with E-state index in [-0.39, 0.29) is 17.7 Å². The van der Waals surface area contributed by atoms with Gasteiger partial charge in [-0.1, -0.05) is 43.2 Å². The van der Waals surface area contributed by atoms with Crippen LogP contribution in [0.2, 0.25) is 0 Å². The molecular weight excluding hydrogens is 491 g/mol. The summed E-state index contributed by atoms with van der Waals surface area (Å²) in [5.74, 6) is -0.00854. The van der Waals surface area contributed by atoms with Crippen molar-refractivity contribution >= 4 is 11.6 Å². The quantitative estimate of drug-likeness (QED) is 0.356. The van der Waals surface area contributed by atoms with Gasteiger partial charge in [-0.05, 0) is 73.6 Å². The van der Waals surface area contributed by atoms with Crippen LogP contribution in [0.25, 0.3) is 0 Å². The lowest BCUT2D eigenvalue weighted by atomic mass is 9.78. The van der Waals surface area contributed by atoms with Crippen LogP contribution in [-0.2, 0) is 0 Å². The van der Waals surface area contributed by atoms with Gasteiger partial charge in [0.15, 0.2) is 0 Å². The number of piperidine rings is 1. The predicted octanol–water partition coefficient (Wildman–Crippen LogP) is 6.82. The molecule has 2 fully saturated rings. The number of rotatable bonds is 6. The molecule has 0 unspecified atom stereocenters. The second-order valence-electron chi connectivity index (χ2n) is 10.1. The molecule has 1 aliphatic carbocycles. The fourth-order valence-corrected chi connectivity index (χ4v) is 6.04. The summed E-state index contributed by atoms with van der Waals surface area (Å²) in [7, 11) is 0. The molecular formula is C30H32F3N3O2. The fraction of sp³-hybridized carbons (Fsp3) is 0.400. The van der Waals surface area contributed by atoms with Crippen LogP contribution in [0.1, 0.15) is 60.4 Å². The number of nitrogens with zero attached hydrogens (tertiary/aromatic N) is 3. The largest absolute Gasteiger partial charge is 0.573 e. The van der Waals surface area contributed by atoms with Gasteiger partial charge in [0.25, 0.3) is 5.91 Å². The Balaban J connectivity index is 1.34. The van der Waals surface area contributed by atoms with Gasteiger partial charge in [0.1, 0.15) is 5.75 Å². The van der Waals surface area contributed by atoms with E-state index < -0.39 is 6.36 Å². The number of amides is 1. The number of pyridine rings is 1. The third-order valence-corrected chi connectivity index (χ3v) is 7.77. The maximum atomic E-state index is 13.6. The minimum Gasteiger partial charge on any atom is -0.406 e. The van der Waals surface area contributed by atoms with Crippen LogP contribution in [0.5, 0.6) is 5.75 Å². The van der Waals surface area contributed by atoms with Crippen LogP contribution in [0.4, 0.5) is 18.9 Å². The Labute approximate surface area is 221 Å². The Bertz CT molecular complexity index is 1180. The van der Waals surface area contributed by atoms with E-state index in [1.54, 1.807) is 23.2 Å². The SMILES string of the molecule is O=C(c1cccnc1)N(c1ccc(OC(F)(F)F)cc1)C1CCN([C@@H]2CCCC[C@@H]2c2ccccc2)CC1. The van der Waals surface area contributed by atoms with Crippen LogP contribution in [0.15, 0.2) is 79.1 Å². The molecule has 1 aliphatic heterocycles. The first-order chi connectivity index (χ1) is 18.4. The third-order valence-electron chi connectivity index (χ3n) is 7.77. The number of hydrogen-bond acceptors (Lipinski definition) is 4. The molecule has 0 bridgehead atoms. The molecule has 1 saturated heterocycles. The van der Waals surface area contributed by atoms with Gasteiger partial charge in [-0.2, -0.15) is 0 Å². The molecule has 1 saturated carbocycles. The molecule has 0 radical (unpaired) electrons. The highest BCUT2D eigenvalue weighted by molar-refractivity contribution is 6.06. The van der Waals surface area contributed by atoms with Gasteiger partial charge in [0.2, 0.25) is 0 Å². The Morgan fingerprint density at radius 3 is 2.26 bits per heavy atom. The third kappa shape index (κ3) is 6.18. The van der Waals surface area contributed by atoms with E-state index in [1.165, 1.54) is 61.7 Å². The van der Waals surface area contributed by atoms with E-state index in [0.29, 0.717) is 23.2 Å². The first kappa shape index (κ1) is 26.2. The van der Waals surface area contributed by atoms with Crippen LogP contribution < -0.4 is 9.64 Å². The summed E-state index contributed by atoms with van der Waals surface area (Å²) in [6.45, 7) is 1.73. The van der Waals surface area contributed by atoms with Crippen molar-refractivity contribution in [2.75, 3.05) is 18.0 Å². The van der Waals surface area contributed by atoms with Crippen LogP contribution in [0, 0.1) is 0 Å². The first-order valence-corrected chi connectivity index (χ1v) is 13.3. The van der Waals surface area contributed by atoms with Crippen LogP contribution >= 0.6 is 0 Å². The van der Waals surface area contributed by atoms with Gasteiger partial charge in [-0.25, -0.2) is 0 Å². The summed E-state index contributed by atoms with van der Waals surface area (Å²) in [4.78, 5) is 22.0. The molecule has 5 rings (SSSR count). The number of halogens is 3. The number of anilines is 1. The van der Waals surface area contributed by atoms with E-state index in [9.17, 15) is 18.0 Å². The molecule has 38 heavy (non-hydrogen) atoms. The number of likely N-dealkylation sites (tertiary alicyclic amines) is 1. The zero-order chi connectivity index (χ0) is 26.5. The average Bonchev–Trinajstić information content (AvgIpc) is 2.94. The average molecular weight is 524 g/mol. The minimum atomic E-state index is -4.77. The number of benzene rings is 2. The number of carbonyl (C=O) groups excluding carboxylic acids is 1. The molecule has 0 spiro atoms. The van der Waals surface area contributed by atoms with Crippen molar-refractivity contribution in [1.82, 2.24) is 9.88 Å². The lowest BCUT2D eigenvalue weighted by Gasteiger charge is -2.45. The number of carbonyl (C=O) groups is 1. The van der Waals surface area contributed by atoms with E-state index in [0.717, 1.165) is 25.9 Å². The summed E-state index contributed by atoms with van der Waals surface area (Å²) in [5, 5.41) is 0. The molecule has 5 nitrogen and oxygen atoms in total. The van der Waals surface area contributed by atoms with E-state index in [4.69, 9.17) is 0 Å². The molecule has 2 atom stereocenters. The summed E-state index contributed by atoms with van der Waals surface area (Å²) in [5.41, 5.74) is 2.39. The van der Waals surface area contributed by atoms with Crippen molar-refractivity contribution in [3.63, 3.8) is 0 Å². The highest BCUT2D eigenvalue weighted by Gasteiger charge is 2.36. The molecule has 8 heteroatoms. The molecule has 3 aromatic rings. The first-order valence-electron chi connectivity index (χ1n) is 13.3. The molecule has 0 N–H and O–H groups in total. The molecule has 200 valence electrons. The summed E-state index contributed by atoms with van der Waals surface area (Å²) in [6.07, 6.45) is 4.76. The second kappa shape index (κ2) is 11.6. The van der Waals surface area contributed by atoms with Crippen molar-refractivity contribution in [2.24, 2.45) is 0 Å². The highest BCUT2D eigenvalue weighted by Crippen LogP contribution is 2.38. The van der Waals surface area contributed by atoms with Crippen molar-refractivity contribution in [2.45, 2.75) is 62.9 Å². The van der Waals surface area contributed by atoms with E-state index in [1.807, 2.05) is 0 Å². The fourth-order valence-electron chi connectivity index (χ4n) is 6.04. The van der Waals surface area contributed by atoms with Crippen molar-refractivity contribution in [3.8, 4) is 5.75 Å². The van der Waals surface area contributed by atoms with Crippen molar-refractivity contribution < 1.29 is 22.7 Å². The lowest BCUT2D eigenvalue weighted by Crippen LogP contribution is -2.51. The number of ether oxygens (including phenoxy) is 1. The van der Waals surface area contributed by atoms with Gasteiger partial charge < -0.3 is 9.64 Å². The molecule has 2 heterocycles. The minimum absolute atomic E-state index is 0.0768. The van der Waals surface area contributed by atoms with Gasteiger partial charge in [0.05, 0.1) is 5.56 Å². The van der Waals surface area contributed by atoms with Crippen LogP contribution in [0.3, 0.4) is 0 Å². The molecule has 2 aromatic carbocycles. The predicted molar refractivity (Wildman–Crippen MR) is 140 cm³/mol. The number of aromatic nitrogens is 1. The summed E-state index contributed by atoms with van der Waals surface area (Å²) in [6, 6.07) is 20.1. The van der Waals surface area contributed by atoms with Gasteiger partial charge in [0, 0.05) is 43.3 Å². The Morgan fingerprint density at radius 1 is 0.895 bits per heavy atom. The maximum Gasteiger partial charge on any atom is 0.573 e. The zero-order valence-corrected chi connectivity index (χ0v) is 21.2. The van der Waals surface area contributed by atoms with E-state index >= 15 is 0 Å². The summed E-state index contributed by atoms with van der Waals surface area (Å²) >= 11 is 0. The van der Waals surface area contributed by atoms with Gasteiger partial charge >= 0.3 is 6.36 Å². The highest BCUT2D eigenvalue weighted by atomic mass is 19.4. The smallest absolute Gasteiger partial charge is 0.406 e. The molecule has 2 aliphatic rings. The molecule has 1 amide bonds. The topological polar surface area (TPSA) is 45.7 Å². The standard InChI is InChI=1S/C30H32F3N3O2/c31-30(32,33)38-26-14-12-24(13-15-26)36(29(37)23-9-6-18-34-21-23)25-16-19-35(20-17-25)28-11-5-4-10-27(28)22-7-2-1-3-8-22/h1-3,6-9,12-15,18,21,25,27-28H,4-5,10-11,16-17,19-20H2/t27-,28-/m1/s1. The molecule has 1 aromatic heterocycles. The van der Waals surface area contributed by atoms with Crippen LogP contribution in [-0.4, -0.2) is 47.3 Å². The normalized spacial score (nSPS) is 21.1. The zero-order valence-electron chi connectivity index (χ0n) is 21.2. The second-order valence-corrected chi connectivity index (χ2v) is 10.1. The van der Waals surface area contributed by atoms with Crippen molar-refractivity contribution in [3.05, 3.63) is 90.3 Å².